The molecule has 0 heterocycles. The molecule has 5 heavy (non-hydrogen) atoms. The Morgan fingerprint density at radius 1 is 0.800 bits per heavy atom. The molecule has 0 atom stereocenters. The largest absolute Gasteiger partial charge is 2.00 e. The number of rotatable bonds is 0. The van der Waals surface area contributed by atoms with Gasteiger partial charge in [-0.3, -0.25) is 0 Å². The third-order valence-electron chi connectivity index (χ3n) is 0. The van der Waals surface area contributed by atoms with Crippen molar-refractivity contribution in [2.75, 3.05) is 0 Å². The van der Waals surface area contributed by atoms with E-state index in [0.29, 0.717) is 0 Å². The maximum absolute atomic E-state index is 0. The topological polar surface area (TPSA) is 0 Å². The maximum Gasteiger partial charge on any atom is 2.00 e. The zero-order chi connectivity index (χ0) is 0. The third kappa shape index (κ3) is 19.1. The summed E-state index contributed by atoms with van der Waals surface area (Å²) in [5, 5.41) is 0. The first-order valence-corrected chi connectivity index (χ1v) is 0. The number of hydrogen-bond acceptors (Lipinski definition) is 0. The first-order valence-electron chi connectivity index (χ1n) is 0. The van der Waals surface area contributed by atoms with Gasteiger partial charge in [0.1, 0.15) is 0 Å². The molecule has 0 rings (SSSR count). The van der Waals surface area contributed by atoms with Gasteiger partial charge in [0.25, 0.3) is 0 Å². The minimum Gasteiger partial charge on any atom is -1.00 e. The Balaban J connectivity index is 0. The molecule has 0 saturated carbocycles. The van der Waals surface area contributed by atoms with Gasteiger partial charge in [0, 0.05) is 21.7 Å². The van der Waals surface area contributed by atoms with Gasteiger partial charge >= 0.3 is 48.9 Å². The second-order valence-corrected chi connectivity index (χ2v) is 0. The molecule has 0 nitrogen and oxygen atoms in total. The van der Waals surface area contributed by atoms with Crippen LogP contribution in [0.4, 0.5) is 0 Å². The van der Waals surface area contributed by atoms with Gasteiger partial charge in [-0.25, -0.2) is 0 Å². The molecule has 0 aromatic heterocycles. The van der Waals surface area contributed by atoms with Gasteiger partial charge in [-0.1, -0.05) is 0 Å². The molecule has 0 amide bonds. The van der Waals surface area contributed by atoms with Crippen molar-refractivity contribution < 1.29 is 24.6 Å². The van der Waals surface area contributed by atoms with Crippen LogP contribution >= 0.6 is 37.2 Å². The molecule has 5 heteroatoms. The van der Waals surface area contributed by atoms with Gasteiger partial charge in [-0.2, -0.15) is 0 Å². The van der Waals surface area contributed by atoms with E-state index in [-0.39, 0.29) is 111 Å². The fourth-order valence-corrected chi connectivity index (χ4v) is 0. The van der Waals surface area contributed by atoms with Gasteiger partial charge in [0.2, 0.25) is 0 Å². The quantitative estimate of drug-likeness (QED) is 0.588. The SMILES string of the molecule is Cl.Cl.Cl.[Ba+2].[H-].[H-].[Ti]. The molecule has 0 fully saturated rings. The van der Waals surface area contributed by atoms with Crippen molar-refractivity contribution in [2.45, 2.75) is 0 Å². The van der Waals surface area contributed by atoms with Gasteiger partial charge in [0.05, 0.1) is 0 Å². The normalized spacial score (nSPS) is 0. The molecular formula is H5BaCl3Ti. The van der Waals surface area contributed by atoms with Crippen molar-refractivity contribution in [3.8, 4) is 0 Å². The summed E-state index contributed by atoms with van der Waals surface area (Å²) in [5.41, 5.74) is 0. The summed E-state index contributed by atoms with van der Waals surface area (Å²) in [7, 11) is 0. The van der Waals surface area contributed by atoms with E-state index in [1.165, 1.54) is 0 Å². The standard InChI is InChI=1S/Ba.3ClH.Ti.2H/h;3*1H;;;/q+2;;;;;2*-1. The first kappa shape index (κ1) is 41.9. The molecule has 32 valence electrons. The van der Waals surface area contributed by atoms with E-state index >= 15 is 0 Å². The van der Waals surface area contributed by atoms with Crippen LogP contribution in [0.1, 0.15) is 2.85 Å². The van der Waals surface area contributed by atoms with Crippen LogP contribution in [0.15, 0.2) is 0 Å². The molecule has 0 radical (unpaired) electrons. The Bertz CT molecular complexity index is 12.9. The molecule has 0 aromatic rings. The predicted octanol–water partition coefficient (Wildman–Crippen LogP) is 1.11. The Morgan fingerprint density at radius 3 is 0.800 bits per heavy atom. The van der Waals surface area contributed by atoms with Crippen LogP contribution in [0.2, 0.25) is 0 Å². The summed E-state index contributed by atoms with van der Waals surface area (Å²) in [5.74, 6) is 0. The predicted molar refractivity (Wildman–Crippen MR) is 29.7 cm³/mol. The van der Waals surface area contributed by atoms with E-state index in [4.69, 9.17) is 0 Å². The summed E-state index contributed by atoms with van der Waals surface area (Å²) in [6.07, 6.45) is 0. The van der Waals surface area contributed by atoms with E-state index in [1.54, 1.807) is 0 Å². The second kappa shape index (κ2) is 27.2. The molecule has 0 N–H and O–H groups in total. The number of halogens is 3. The summed E-state index contributed by atoms with van der Waals surface area (Å²) < 4.78 is 0. The molecule has 0 bridgehead atoms. The van der Waals surface area contributed by atoms with Crippen LogP contribution in [0.3, 0.4) is 0 Å². The molecular weight excluding hydrogens is 292 g/mol. The van der Waals surface area contributed by atoms with Crippen LogP contribution in [-0.4, -0.2) is 48.9 Å². The fourth-order valence-electron chi connectivity index (χ4n) is 0. The van der Waals surface area contributed by atoms with Crippen molar-refractivity contribution in [1.82, 2.24) is 0 Å². The molecule has 0 aliphatic heterocycles. The van der Waals surface area contributed by atoms with Crippen molar-refractivity contribution in [3.63, 3.8) is 0 Å². The smallest absolute Gasteiger partial charge is 1.00 e. The van der Waals surface area contributed by atoms with Crippen LogP contribution in [-0.2, 0) is 21.7 Å². The summed E-state index contributed by atoms with van der Waals surface area (Å²) in [4.78, 5) is 0. The van der Waals surface area contributed by atoms with Crippen molar-refractivity contribution in [3.05, 3.63) is 0 Å². The molecule has 0 aromatic carbocycles. The zero-order valence-electron chi connectivity index (χ0n) is 4.43. The van der Waals surface area contributed by atoms with Gasteiger partial charge in [0.15, 0.2) is 0 Å². The Hall–Kier alpha value is 3.16. The van der Waals surface area contributed by atoms with E-state index in [9.17, 15) is 0 Å². The Morgan fingerprint density at radius 2 is 0.800 bits per heavy atom. The van der Waals surface area contributed by atoms with Crippen molar-refractivity contribution in [2.24, 2.45) is 0 Å². The van der Waals surface area contributed by atoms with Crippen LogP contribution in [0.25, 0.3) is 0 Å². The third-order valence-corrected chi connectivity index (χ3v) is 0. The summed E-state index contributed by atoms with van der Waals surface area (Å²) in [6, 6.07) is 0. The molecule has 0 spiro atoms. The summed E-state index contributed by atoms with van der Waals surface area (Å²) >= 11 is 0. The average molecular weight is 297 g/mol. The van der Waals surface area contributed by atoms with Gasteiger partial charge in [-0.05, 0) is 0 Å². The average Bonchev–Trinajstić information content (AvgIpc) is 0. The van der Waals surface area contributed by atoms with Crippen molar-refractivity contribution in [1.29, 1.82) is 0 Å². The molecule has 0 aliphatic rings. The molecule has 0 saturated heterocycles. The molecule has 0 aliphatic carbocycles. The monoisotopic (exact) mass is 296 g/mol. The van der Waals surface area contributed by atoms with E-state index < -0.39 is 0 Å². The Kier molecular flexibility index (Phi) is 228. The fraction of sp³-hybridized carbons (Fsp3) is 0. The van der Waals surface area contributed by atoms with Crippen molar-refractivity contribution >= 4 is 86.1 Å². The van der Waals surface area contributed by atoms with Crippen LogP contribution in [0.5, 0.6) is 0 Å². The zero-order valence-corrected chi connectivity index (χ0v) is 10.9. The molecule has 0 unspecified atom stereocenters. The van der Waals surface area contributed by atoms with Gasteiger partial charge < -0.3 is 2.85 Å². The van der Waals surface area contributed by atoms with E-state index in [0.717, 1.165) is 0 Å². The van der Waals surface area contributed by atoms with E-state index in [1.807, 2.05) is 0 Å². The second-order valence-electron chi connectivity index (χ2n) is 0. The number of hydrogen-bond donors (Lipinski definition) is 0. The summed E-state index contributed by atoms with van der Waals surface area (Å²) in [6.45, 7) is 0. The Labute approximate surface area is 108 Å². The first-order chi connectivity index (χ1) is 0. The maximum atomic E-state index is 0. The van der Waals surface area contributed by atoms with Gasteiger partial charge in [-0.15, -0.1) is 37.2 Å². The minimum atomic E-state index is 0. The van der Waals surface area contributed by atoms with Crippen LogP contribution in [0, 0.1) is 0 Å². The van der Waals surface area contributed by atoms with E-state index in [2.05, 4.69) is 0 Å². The minimum absolute atomic E-state index is 0. The van der Waals surface area contributed by atoms with Crippen LogP contribution < -0.4 is 0 Å².